The number of halogens is 1. The lowest BCUT2D eigenvalue weighted by Crippen LogP contribution is -2.37. The van der Waals surface area contributed by atoms with Gasteiger partial charge in [0.05, 0.1) is 24.3 Å². The largest absolute Gasteiger partial charge is 0.467 e. The van der Waals surface area contributed by atoms with Crippen molar-refractivity contribution in [2.45, 2.75) is 19.5 Å². The van der Waals surface area contributed by atoms with Gasteiger partial charge in [0, 0.05) is 18.7 Å². The topological polar surface area (TPSA) is 92.7 Å². The van der Waals surface area contributed by atoms with Crippen molar-refractivity contribution in [1.29, 1.82) is 0 Å². The summed E-state index contributed by atoms with van der Waals surface area (Å²) in [4.78, 5) is 14.8. The van der Waals surface area contributed by atoms with E-state index in [1.807, 2.05) is 23.9 Å². The van der Waals surface area contributed by atoms with Crippen molar-refractivity contribution in [2.24, 2.45) is 4.99 Å². The Kier molecular flexibility index (Phi) is 10.8. The molecule has 0 aliphatic carbocycles. The molecule has 0 aliphatic heterocycles. The molecule has 142 valence electrons. The van der Waals surface area contributed by atoms with E-state index < -0.39 is 4.92 Å². The number of non-ortho nitro benzene ring substituents is 1. The van der Waals surface area contributed by atoms with E-state index in [0.717, 1.165) is 30.0 Å². The third-order valence-corrected chi connectivity index (χ3v) is 4.09. The Bertz CT molecular complexity index is 678. The third-order valence-electron chi connectivity index (χ3n) is 3.39. The molecule has 0 radical (unpaired) electrons. The van der Waals surface area contributed by atoms with Gasteiger partial charge in [-0.25, -0.2) is 4.99 Å². The number of nitro groups is 1. The van der Waals surface area contributed by atoms with E-state index in [1.54, 1.807) is 18.4 Å². The second kappa shape index (κ2) is 12.6. The molecular formula is C17H23IN4O3S. The van der Waals surface area contributed by atoms with E-state index in [9.17, 15) is 10.1 Å². The number of rotatable bonds is 9. The minimum absolute atomic E-state index is 0. The molecule has 0 bridgehead atoms. The summed E-state index contributed by atoms with van der Waals surface area (Å²) in [6.45, 7) is 1.81. The molecule has 2 aromatic rings. The van der Waals surface area contributed by atoms with Crippen LogP contribution in [0.15, 0.2) is 52.1 Å². The van der Waals surface area contributed by atoms with Crippen LogP contribution in [0.25, 0.3) is 0 Å². The van der Waals surface area contributed by atoms with Crippen LogP contribution in [0.5, 0.6) is 0 Å². The summed E-state index contributed by atoms with van der Waals surface area (Å²) in [6, 6.07) is 10.2. The van der Waals surface area contributed by atoms with Gasteiger partial charge in [0.25, 0.3) is 5.69 Å². The Morgan fingerprint density at radius 3 is 2.65 bits per heavy atom. The van der Waals surface area contributed by atoms with Gasteiger partial charge in [-0.05, 0) is 36.1 Å². The lowest BCUT2D eigenvalue weighted by molar-refractivity contribution is -0.384. The highest BCUT2D eigenvalue weighted by Crippen LogP contribution is 2.12. The minimum Gasteiger partial charge on any atom is -0.467 e. The van der Waals surface area contributed by atoms with Gasteiger partial charge in [0.15, 0.2) is 5.96 Å². The van der Waals surface area contributed by atoms with Crippen LogP contribution in [0.4, 0.5) is 5.69 Å². The quantitative estimate of drug-likeness (QED) is 0.139. The number of furan rings is 1. The lowest BCUT2D eigenvalue weighted by atomic mass is 10.2. The van der Waals surface area contributed by atoms with Crippen molar-refractivity contribution in [3.63, 3.8) is 0 Å². The molecule has 1 aromatic carbocycles. The first-order chi connectivity index (χ1) is 12.2. The van der Waals surface area contributed by atoms with Crippen LogP contribution in [-0.2, 0) is 13.1 Å². The summed E-state index contributed by atoms with van der Waals surface area (Å²) < 4.78 is 5.31. The molecule has 2 N–H and O–H groups in total. The molecule has 0 spiro atoms. The van der Waals surface area contributed by atoms with Crippen LogP contribution < -0.4 is 10.6 Å². The Labute approximate surface area is 174 Å². The molecule has 0 aliphatic rings. The highest BCUT2D eigenvalue weighted by molar-refractivity contribution is 14.0. The number of nitrogens with zero attached hydrogens (tertiary/aromatic N) is 2. The van der Waals surface area contributed by atoms with Gasteiger partial charge >= 0.3 is 0 Å². The van der Waals surface area contributed by atoms with E-state index in [4.69, 9.17) is 4.42 Å². The number of nitrogens with one attached hydrogen (secondary N) is 2. The number of hydrogen-bond donors (Lipinski definition) is 2. The highest BCUT2D eigenvalue weighted by atomic mass is 127. The van der Waals surface area contributed by atoms with Crippen LogP contribution in [-0.4, -0.2) is 29.4 Å². The first kappa shape index (κ1) is 22.3. The molecule has 0 unspecified atom stereocenters. The maximum absolute atomic E-state index is 10.7. The van der Waals surface area contributed by atoms with Gasteiger partial charge in [0.1, 0.15) is 5.76 Å². The monoisotopic (exact) mass is 490 g/mol. The zero-order chi connectivity index (χ0) is 17.9. The fourth-order valence-corrected chi connectivity index (χ4v) is 2.51. The molecule has 0 amide bonds. The number of benzene rings is 1. The second-order valence-corrected chi connectivity index (χ2v) is 6.28. The molecule has 1 aromatic heterocycles. The van der Waals surface area contributed by atoms with Crippen LogP contribution in [0.3, 0.4) is 0 Å². The Morgan fingerprint density at radius 2 is 2.04 bits per heavy atom. The summed E-state index contributed by atoms with van der Waals surface area (Å²) in [7, 11) is 0. The number of guanidine groups is 1. The van der Waals surface area contributed by atoms with E-state index in [0.29, 0.717) is 19.0 Å². The average Bonchev–Trinajstić information content (AvgIpc) is 3.14. The maximum Gasteiger partial charge on any atom is 0.269 e. The fourth-order valence-electron chi connectivity index (χ4n) is 2.08. The van der Waals surface area contributed by atoms with E-state index >= 15 is 0 Å². The fraction of sp³-hybridized carbons (Fsp3) is 0.353. The smallest absolute Gasteiger partial charge is 0.269 e. The summed E-state index contributed by atoms with van der Waals surface area (Å²) in [5, 5.41) is 17.2. The zero-order valence-corrected chi connectivity index (χ0v) is 17.7. The number of nitro benzene ring substituents is 1. The average molecular weight is 490 g/mol. The Hall–Kier alpha value is -1.75. The van der Waals surface area contributed by atoms with Crippen LogP contribution in [0, 0.1) is 10.1 Å². The molecule has 1 heterocycles. The van der Waals surface area contributed by atoms with Crippen molar-refractivity contribution in [2.75, 3.05) is 18.6 Å². The minimum atomic E-state index is -0.406. The summed E-state index contributed by atoms with van der Waals surface area (Å²) >= 11 is 1.81. The van der Waals surface area contributed by atoms with Crippen molar-refractivity contribution in [1.82, 2.24) is 10.6 Å². The first-order valence-electron chi connectivity index (χ1n) is 7.96. The molecule has 2 rings (SSSR count). The molecular weight excluding hydrogens is 467 g/mol. The van der Waals surface area contributed by atoms with Gasteiger partial charge in [-0.3, -0.25) is 10.1 Å². The van der Waals surface area contributed by atoms with E-state index in [2.05, 4.69) is 21.9 Å². The molecule has 0 saturated heterocycles. The number of aliphatic imine (C=N–C) groups is 1. The van der Waals surface area contributed by atoms with Crippen LogP contribution >= 0.6 is 35.7 Å². The van der Waals surface area contributed by atoms with Gasteiger partial charge in [-0.15, -0.1) is 24.0 Å². The molecule has 7 nitrogen and oxygen atoms in total. The van der Waals surface area contributed by atoms with Gasteiger partial charge in [0.2, 0.25) is 0 Å². The van der Waals surface area contributed by atoms with Gasteiger partial charge in [-0.2, -0.15) is 11.8 Å². The SMILES string of the molecule is CSCCCNC(=NCc1ccc([N+](=O)[O-])cc1)NCc1ccco1.I. The van der Waals surface area contributed by atoms with E-state index in [-0.39, 0.29) is 29.7 Å². The Morgan fingerprint density at radius 1 is 1.27 bits per heavy atom. The number of thioether (sulfide) groups is 1. The van der Waals surface area contributed by atoms with Crippen molar-refractivity contribution in [3.8, 4) is 0 Å². The lowest BCUT2D eigenvalue weighted by Gasteiger charge is -2.11. The second-order valence-electron chi connectivity index (χ2n) is 5.29. The Balaban J connectivity index is 0.00000338. The summed E-state index contributed by atoms with van der Waals surface area (Å²) in [5.41, 5.74) is 0.993. The predicted octanol–water partition coefficient (Wildman–Crippen LogP) is 3.79. The third kappa shape index (κ3) is 8.09. The predicted molar refractivity (Wildman–Crippen MR) is 116 cm³/mol. The first-order valence-corrected chi connectivity index (χ1v) is 9.35. The van der Waals surface area contributed by atoms with Gasteiger partial charge in [-0.1, -0.05) is 12.1 Å². The number of hydrogen-bond acceptors (Lipinski definition) is 5. The molecule has 0 saturated carbocycles. The van der Waals surface area contributed by atoms with Crippen molar-refractivity contribution >= 4 is 47.4 Å². The molecule has 26 heavy (non-hydrogen) atoms. The summed E-state index contributed by atoms with van der Waals surface area (Å²) in [6.07, 6.45) is 4.76. The molecule has 0 atom stereocenters. The van der Waals surface area contributed by atoms with Gasteiger partial charge < -0.3 is 15.1 Å². The maximum atomic E-state index is 10.7. The zero-order valence-electron chi connectivity index (χ0n) is 14.5. The van der Waals surface area contributed by atoms with Crippen molar-refractivity contribution < 1.29 is 9.34 Å². The van der Waals surface area contributed by atoms with E-state index in [1.165, 1.54) is 12.1 Å². The summed E-state index contributed by atoms with van der Waals surface area (Å²) in [5.74, 6) is 2.60. The van der Waals surface area contributed by atoms with Crippen LogP contribution in [0.1, 0.15) is 17.7 Å². The standard InChI is InChI=1S/C17H22N4O3S.HI/c1-25-11-3-9-18-17(20-13-16-4-2-10-24-16)19-12-14-5-7-15(8-6-14)21(22)23;/h2,4-8,10H,3,9,11-13H2,1H3,(H2,18,19,20);1H. The van der Waals surface area contributed by atoms with Crippen LogP contribution in [0.2, 0.25) is 0 Å². The molecule has 0 fully saturated rings. The molecule has 9 heteroatoms. The normalized spacial score (nSPS) is 10.9. The highest BCUT2D eigenvalue weighted by Gasteiger charge is 2.04. The van der Waals surface area contributed by atoms with Crippen molar-refractivity contribution in [3.05, 3.63) is 64.1 Å².